The summed E-state index contributed by atoms with van der Waals surface area (Å²) in [5, 5.41) is 0. The summed E-state index contributed by atoms with van der Waals surface area (Å²) in [6, 6.07) is 4.90. The molecule has 2 radical (unpaired) electrons. The molecule has 5 heteroatoms. The van der Waals surface area contributed by atoms with Crippen LogP contribution in [0.1, 0.15) is 18.1 Å². The Morgan fingerprint density at radius 1 is 1.29 bits per heavy atom. The Morgan fingerprint density at radius 2 is 2.00 bits per heavy atom. The van der Waals surface area contributed by atoms with Crippen LogP contribution in [-0.2, 0) is 17.6 Å². The fraction of sp³-hybridized carbons (Fsp3) is 0.625. The Bertz CT molecular complexity index is 509. The normalized spacial score (nSPS) is 22.2. The molecule has 0 spiro atoms. The van der Waals surface area contributed by atoms with Gasteiger partial charge in [-0.2, -0.15) is 0 Å². The van der Waals surface area contributed by atoms with E-state index in [9.17, 15) is 0 Å². The number of benzene rings is 1. The molecule has 0 unspecified atom stereocenters. The number of fused-ring (bicyclic) bond motifs is 2. The highest BCUT2D eigenvalue weighted by Gasteiger charge is 2.26. The summed E-state index contributed by atoms with van der Waals surface area (Å²) in [6.07, 6.45) is 2.00. The van der Waals surface area contributed by atoms with Crippen molar-refractivity contribution in [2.24, 2.45) is 0 Å². The van der Waals surface area contributed by atoms with Gasteiger partial charge in [0.05, 0.1) is 18.3 Å². The van der Waals surface area contributed by atoms with Gasteiger partial charge in [-0.15, -0.1) is 0 Å². The third kappa shape index (κ3) is 3.04. The van der Waals surface area contributed by atoms with Crippen LogP contribution >= 0.6 is 0 Å². The molecule has 0 bridgehead atoms. The Balaban J connectivity index is 1.92. The zero-order valence-electron chi connectivity index (χ0n) is 13.0. The molecule has 0 saturated carbocycles. The first kappa shape index (κ1) is 14.7. The largest absolute Gasteiger partial charge is 0.489 e. The number of anilines is 1. The fourth-order valence-electron chi connectivity index (χ4n) is 3.17. The van der Waals surface area contributed by atoms with E-state index in [1.807, 2.05) is 4.81 Å². The van der Waals surface area contributed by atoms with Crippen LogP contribution in [0.5, 0.6) is 5.75 Å². The monoisotopic (exact) mass is 286 g/mol. The second kappa shape index (κ2) is 6.28. The van der Waals surface area contributed by atoms with Gasteiger partial charge in [0.1, 0.15) is 12.4 Å². The van der Waals surface area contributed by atoms with Crippen molar-refractivity contribution in [2.75, 3.05) is 44.9 Å². The standard InChI is InChI=1S/C16H23BN2O2/c1-12-11-21-16-10-14-4-6-18(17)5-3-13(14)9-15(16)19(12)7-8-20-2/h9-10,12H,3-8,11H2,1-2H3/t12-/m0/s1. The van der Waals surface area contributed by atoms with Crippen molar-refractivity contribution in [2.45, 2.75) is 25.8 Å². The van der Waals surface area contributed by atoms with E-state index in [1.165, 1.54) is 16.8 Å². The quantitative estimate of drug-likeness (QED) is 0.784. The van der Waals surface area contributed by atoms with Crippen LogP contribution in [0, 0.1) is 0 Å². The average molecular weight is 286 g/mol. The van der Waals surface area contributed by atoms with Gasteiger partial charge in [-0.3, -0.25) is 0 Å². The predicted molar refractivity (Wildman–Crippen MR) is 85.4 cm³/mol. The lowest BCUT2D eigenvalue weighted by molar-refractivity contribution is 0.195. The zero-order valence-corrected chi connectivity index (χ0v) is 13.0. The Hall–Kier alpha value is -1.20. The van der Waals surface area contributed by atoms with E-state index in [1.54, 1.807) is 7.11 Å². The van der Waals surface area contributed by atoms with Crippen molar-refractivity contribution in [3.8, 4) is 5.75 Å². The molecule has 2 aliphatic rings. The zero-order chi connectivity index (χ0) is 14.8. The molecule has 2 heterocycles. The Labute approximate surface area is 128 Å². The highest BCUT2D eigenvalue weighted by molar-refractivity contribution is 6.04. The summed E-state index contributed by atoms with van der Waals surface area (Å²) < 4.78 is 11.2. The van der Waals surface area contributed by atoms with Gasteiger partial charge in [-0.25, -0.2) is 0 Å². The van der Waals surface area contributed by atoms with E-state index >= 15 is 0 Å². The second-order valence-corrected chi connectivity index (χ2v) is 5.97. The van der Waals surface area contributed by atoms with Gasteiger partial charge in [-0.05, 0) is 56.1 Å². The smallest absolute Gasteiger partial charge is 0.182 e. The van der Waals surface area contributed by atoms with E-state index in [0.29, 0.717) is 6.04 Å². The first-order valence-electron chi connectivity index (χ1n) is 7.73. The molecule has 0 amide bonds. The molecular weight excluding hydrogens is 263 g/mol. The molecule has 2 aliphatic heterocycles. The predicted octanol–water partition coefficient (Wildman–Crippen LogP) is 1.40. The second-order valence-electron chi connectivity index (χ2n) is 5.97. The third-order valence-corrected chi connectivity index (χ3v) is 4.48. The van der Waals surface area contributed by atoms with Gasteiger partial charge >= 0.3 is 0 Å². The van der Waals surface area contributed by atoms with E-state index in [4.69, 9.17) is 17.5 Å². The summed E-state index contributed by atoms with van der Waals surface area (Å²) in [7, 11) is 7.71. The van der Waals surface area contributed by atoms with E-state index < -0.39 is 0 Å². The molecule has 0 saturated heterocycles. The number of hydrogen-bond donors (Lipinski definition) is 0. The van der Waals surface area contributed by atoms with Crippen LogP contribution in [0.3, 0.4) is 0 Å². The molecule has 0 aromatic heterocycles. The Kier molecular flexibility index (Phi) is 4.41. The van der Waals surface area contributed by atoms with Gasteiger partial charge in [-0.1, -0.05) is 0 Å². The number of methoxy groups -OCH3 is 1. The molecule has 112 valence electrons. The number of ether oxygens (including phenoxy) is 2. The average Bonchev–Trinajstić information content (AvgIpc) is 2.67. The molecule has 0 N–H and O–H groups in total. The molecule has 1 aromatic rings. The van der Waals surface area contributed by atoms with Crippen LogP contribution in [0.25, 0.3) is 0 Å². The summed E-state index contributed by atoms with van der Waals surface area (Å²) in [5.74, 6) is 1.01. The summed E-state index contributed by atoms with van der Waals surface area (Å²) >= 11 is 0. The highest BCUT2D eigenvalue weighted by atomic mass is 16.5. The molecule has 4 nitrogen and oxygen atoms in total. The number of rotatable bonds is 3. The van der Waals surface area contributed by atoms with Crippen molar-refractivity contribution in [3.63, 3.8) is 0 Å². The van der Waals surface area contributed by atoms with Crippen molar-refractivity contribution in [3.05, 3.63) is 23.3 Å². The van der Waals surface area contributed by atoms with Crippen LogP contribution in [-0.4, -0.2) is 58.8 Å². The van der Waals surface area contributed by atoms with Gasteiger partial charge in [0.15, 0.2) is 7.98 Å². The summed E-state index contributed by atoms with van der Waals surface area (Å²) in [6.45, 7) is 6.40. The molecule has 1 aromatic carbocycles. The molecule has 1 atom stereocenters. The first-order valence-corrected chi connectivity index (χ1v) is 7.73. The Morgan fingerprint density at radius 3 is 2.71 bits per heavy atom. The lowest BCUT2D eigenvalue weighted by Gasteiger charge is -2.37. The van der Waals surface area contributed by atoms with E-state index in [2.05, 4.69) is 24.0 Å². The summed E-state index contributed by atoms with van der Waals surface area (Å²) in [5.41, 5.74) is 3.99. The maximum absolute atomic E-state index is 5.96. The van der Waals surface area contributed by atoms with Gasteiger partial charge in [0, 0.05) is 13.7 Å². The lowest BCUT2D eigenvalue weighted by atomic mass is 9.99. The first-order chi connectivity index (χ1) is 10.2. The van der Waals surface area contributed by atoms with Gasteiger partial charge in [0.2, 0.25) is 0 Å². The molecule has 0 fully saturated rings. The SMILES string of the molecule is [B]N1CCc2cc3c(cc2CC1)N(CCOC)[C@@H](C)CO3. The van der Waals surface area contributed by atoms with Gasteiger partial charge in [0.25, 0.3) is 0 Å². The number of hydrogen-bond acceptors (Lipinski definition) is 4. The van der Waals surface area contributed by atoms with E-state index in [0.717, 1.165) is 51.4 Å². The van der Waals surface area contributed by atoms with E-state index in [-0.39, 0.29) is 0 Å². The minimum Gasteiger partial charge on any atom is -0.489 e. The van der Waals surface area contributed by atoms with Crippen molar-refractivity contribution in [1.29, 1.82) is 0 Å². The topological polar surface area (TPSA) is 24.9 Å². The molecular formula is C16H23BN2O2. The third-order valence-electron chi connectivity index (χ3n) is 4.48. The van der Waals surface area contributed by atoms with Crippen molar-refractivity contribution in [1.82, 2.24) is 4.81 Å². The highest BCUT2D eigenvalue weighted by Crippen LogP contribution is 2.37. The molecule has 21 heavy (non-hydrogen) atoms. The maximum atomic E-state index is 5.96. The van der Waals surface area contributed by atoms with Crippen LogP contribution < -0.4 is 9.64 Å². The van der Waals surface area contributed by atoms with Crippen LogP contribution in [0.15, 0.2) is 12.1 Å². The van der Waals surface area contributed by atoms with Gasteiger partial charge < -0.3 is 19.2 Å². The van der Waals surface area contributed by atoms with Crippen molar-refractivity contribution >= 4 is 13.7 Å². The van der Waals surface area contributed by atoms with Crippen molar-refractivity contribution < 1.29 is 9.47 Å². The lowest BCUT2D eigenvalue weighted by Crippen LogP contribution is -2.43. The maximum Gasteiger partial charge on any atom is 0.182 e. The number of nitrogens with zero attached hydrogens (tertiary/aromatic N) is 2. The van der Waals surface area contributed by atoms with Crippen LogP contribution in [0.4, 0.5) is 5.69 Å². The molecule has 0 aliphatic carbocycles. The minimum absolute atomic E-state index is 0.377. The minimum atomic E-state index is 0.377. The van der Waals surface area contributed by atoms with Crippen LogP contribution in [0.2, 0.25) is 0 Å². The summed E-state index contributed by atoms with van der Waals surface area (Å²) in [4.78, 5) is 4.30. The fourth-order valence-corrected chi connectivity index (χ4v) is 3.17. The molecule has 3 rings (SSSR count).